The standard InChI is InChI=1S/C11H20N2O4/c1-6(2)9(13-10(16)7(3)4)11(17)12-5-8(14)15/h6-7,9H,5H2,1-4H3,(H,12,17)(H,13,16)(H,14,15). The number of rotatable bonds is 6. The Hall–Kier alpha value is -1.59. The first kappa shape index (κ1) is 15.4. The molecular formula is C11H20N2O4. The van der Waals surface area contributed by atoms with E-state index in [1.807, 2.05) is 0 Å². The minimum atomic E-state index is -1.11. The molecule has 1 atom stereocenters. The van der Waals surface area contributed by atoms with Crippen molar-refractivity contribution in [3.63, 3.8) is 0 Å². The number of carbonyl (C=O) groups is 3. The van der Waals surface area contributed by atoms with Gasteiger partial charge in [0.1, 0.15) is 12.6 Å². The monoisotopic (exact) mass is 244 g/mol. The number of carboxylic acids is 1. The second-order valence-electron chi connectivity index (χ2n) is 4.50. The highest BCUT2D eigenvalue weighted by atomic mass is 16.4. The smallest absolute Gasteiger partial charge is 0.322 e. The number of aliphatic carboxylic acids is 1. The van der Waals surface area contributed by atoms with Gasteiger partial charge in [-0.3, -0.25) is 14.4 Å². The summed E-state index contributed by atoms with van der Waals surface area (Å²) < 4.78 is 0. The van der Waals surface area contributed by atoms with Crippen LogP contribution < -0.4 is 10.6 Å². The van der Waals surface area contributed by atoms with Crippen LogP contribution in [0.5, 0.6) is 0 Å². The molecular weight excluding hydrogens is 224 g/mol. The maximum atomic E-state index is 11.7. The summed E-state index contributed by atoms with van der Waals surface area (Å²) in [5, 5.41) is 13.3. The zero-order valence-corrected chi connectivity index (χ0v) is 10.6. The summed E-state index contributed by atoms with van der Waals surface area (Å²) in [6.45, 7) is 6.57. The topological polar surface area (TPSA) is 95.5 Å². The van der Waals surface area contributed by atoms with Crippen molar-refractivity contribution in [2.24, 2.45) is 11.8 Å². The summed E-state index contributed by atoms with van der Waals surface area (Å²) in [4.78, 5) is 33.5. The number of nitrogens with one attached hydrogen (secondary N) is 2. The van der Waals surface area contributed by atoms with Crippen LogP contribution >= 0.6 is 0 Å². The minimum absolute atomic E-state index is 0.105. The number of carbonyl (C=O) groups excluding carboxylic acids is 2. The van der Waals surface area contributed by atoms with E-state index < -0.39 is 24.5 Å². The van der Waals surface area contributed by atoms with Gasteiger partial charge in [0.2, 0.25) is 11.8 Å². The molecule has 0 aliphatic rings. The van der Waals surface area contributed by atoms with Crippen LogP contribution in [0.2, 0.25) is 0 Å². The molecule has 0 saturated carbocycles. The van der Waals surface area contributed by atoms with E-state index in [9.17, 15) is 14.4 Å². The molecule has 17 heavy (non-hydrogen) atoms. The molecule has 2 amide bonds. The molecule has 0 aromatic rings. The van der Waals surface area contributed by atoms with Gasteiger partial charge >= 0.3 is 5.97 Å². The molecule has 0 fully saturated rings. The highest BCUT2D eigenvalue weighted by Crippen LogP contribution is 2.03. The first-order valence-electron chi connectivity index (χ1n) is 5.55. The fourth-order valence-corrected chi connectivity index (χ4v) is 1.13. The van der Waals surface area contributed by atoms with Crippen LogP contribution in [0.25, 0.3) is 0 Å². The Labute approximate surface area is 101 Å². The molecule has 6 nitrogen and oxygen atoms in total. The SMILES string of the molecule is CC(C)C(=O)NC(C(=O)NCC(=O)O)C(C)C. The molecule has 6 heteroatoms. The average molecular weight is 244 g/mol. The Balaban J connectivity index is 4.47. The van der Waals surface area contributed by atoms with Gasteiger partial charge in [-0.05, 0) is 5.92 Å². The lowest BCUT2D eigenvalue weighted by molar-refractivity contribution is -0.138. The second kappa shape index (κ2) is 6.88. The summed E-state index contributed by atoms with van der Waals surface area (Å²) in [5.41, 5.74) is 0. The van der Waals surface area contributed by atoms with Crippen molar-refractivity contribution in [1.29, 1.82) is 0 Å². The lowest BCUT2D eigenvalue weighted by atomic mass is 10.0. The fourth-order valence-electron chi connectivity index (χ4n) is 1.13. The van der Waals surface area contributed by atoms with E-state index in [1.165, 1.54) is 0 Å². The first-order chi connectivity index (χ1) is 7.75. The fraction of sp³-hybridized carbons (Fsp3) is 0.727. The lowest BCUT2D eigenvalue weighted by Gasteiger charge is -2.22. The number of hydrogen-bond acceptors (Lipinski definition) is 3. The van der Waals surface area contributed by atoms with Crippen LogP contribution in [0.4, 0.5) is 0 Å². The Bertz CT molecular complexity index is 300. The molecule has 0 aromatic heterocycles. The third-order valence-corrected chi connectivity index (χ3v) is 2.19. The number of hydrogen-bond donors (Lipinski definition) is 3. The van der Waals surface area contributed by atoms with Gasteiger partial charge in [0.05, 0.1) is 0 Å². The minimum Gasteiger partial charge on any atom is -0.480 e. The molecule has 98 valence electrons. The van der Waals surface area contributed by atoms with Crippen LogP contribution in [-0.2, 0) is 14.4 Å². The van der Waals surface area contributed by atoms with Crippen LogP contribution in [0.3, 0.4) is 0 Å². The van der Waals surface area contributed by atoms with E-state index in [2.05, 4.69) is 10.6 Å². The van der Waals surface area contributed by atoms with Crippen molar-refractivity contribution < 1.29 is 19.5 Å². The van der Waals surface area contributed by atoms with Crippen molar-refractivity contribution in [2.45, 2.75) is 33.7 Å². The number of amides is 2. The number of carboxylic acid groups (broad SMARTS) is 1. The van der Waals surface area contributed by atoms with Gasteiger partial charge in [0.25, 0.3) is 0 Å². The average Bonchev–Trinajstić information content (AvgIpc) is 2.21. The molecule has 0 spiro atoms. The summed E-state index contributed by atoms with van der Waals surface area (Å²) in [7, 11) is 0. The van der Waals surface area contributed by atoms with Crippen molar-refractivity contribution >= 4 is 17.8 Å². The molecule has 0 aliphatic heterocycles. The van der Waals surface area contributed by atoms with Gasteiger partial charge in [0, 0.05) is 5.92 Å². The molecule has 0 heterocycles. The van der Waals surface area contributed by atoms with Gasteiger partial charge in [-0.2, -0.15) is 0 Å². The molecule has 0 rings (SSSR count). The molecule has 1 unspecified atom stereocenters. The maximum absolute atomic E-state index is 11.7. The summed E-state index contributed by atoms with van der Waals surface area (Å²) in [6.07, 6.45) is 0. The predicted octanol–water partition coefficient (Wildman–Crippen LogP) is -0.0160. The third-order valence-electron chi connectivity index (χ3n) is 2.19. The molecule has 0 radical (unpaired) electrons. The zero-order chi connectivity index (χ0) is 13.6. The molecule has 3 N–H and O–H groups in total. The van der Waals surface area contributed by atoms with E-state index >= 15 is 0 Å². The predicted molar refractivity (Wildman–Crippen MR) is 62.3 cm³/mol. The van der Waals surface area contributed by atoms with Gasteiger partial charge in [-0.25, -0.2) is 0 Å². The Morgan fingerprint density at radius 1 is 1.06 bits per heavy atom. The van der Waals surface area contributed by atoms with Gasteiger partial charge in [0.15, 0.2) is 0 Å². The zero-order valence-electron chi connectivity index (χ0n) is 10.6. The van der Waals surface area contributed by atoms with Crippen LogP contribution in [0.15, 0.2) is 0 Å². The first-order valence-corrected chi connectivity index (χ1v) is 5.55. The normalized spacial score (nSPS) is 12.4. The Morgan fingerprint density at radius 3 is 1.94 bits per heavy atom. The molecule has 0 aliphatic carbocycles. The van der Waals surface area contributed by atoms with Gasteiger partial charge < -0.3 is 15.7 Å². The highest BCUT2D eigenvalue weighted by molar-refractivity contribution is 5.90. The molecule has 0 saturated heterocycles. The molecule has 0 aromatic carbocycles. The van der Waals surface area contributed by atoms with Gasteiger partial charge in [-0.1, -0.05) is 27.7 Å². The van der Waals surface area contributed by atoms with Crippen molar-refractivity contribution in [2.75, 3.05) is 6.54 Å². The van der Waals surface area contributed by atoms with Crippen LogP contribution in [0.1, 0.15) is 27.7 Å². The summed E-state index contributed by atoms with van der Waals surface area (Å²) in [5.74, 6) is -2.14. The van der Waals surface area contributed by atoms with Crippen molar-refractivity contribution in [3.8, 4) is 0 Å². The van der Waals surface area contributed by atoms with E-state index in [4.69, 9.17) is 5.11 Å². The largest absolute Gasteiger partial charge is 0.480 e. The lowest BCUT2D eigenvalue weighted by Crippen LogP contribution is -2.51. The summed E-state index contributed by atoms with van der Waals surface area (Å²) >= 11 is 0. The Kier molecular flexibility index (Phi) is 6.23. The second-order valence-corrected chi connectivity index (χ2v) is 4.50. The van der Waals surface area contributed by atoms with E-state index in [0.29, 0.717) is 0 Å². The summed E-state index contributed by atoms with van der Waals surface area (Å²) in [6, 6.07) is -0.704. The van der Waals surface area contributed by atoms with Gasteiger partial charge in [-0.15, -0.1) is 0 Å². The molecule has 0 bridgehead atoms. The Morgan fingerprint density at radius 2 is 1.59 bits per heavy atom. The highest BCUT2D eigenvalue weighted by Gasteiger charge is 2.25. The third kappa shape index (κ3) is 5.89. The van der Waals surface area contributed by atoms with E-state index in [-0.39, 0.29) is 17.7 Å². The van der Waals surface area contributed by atoms with Crippen LogP contribution in [0, 0.1) is 11.8 Å². The van der Waals surface area contributed by atoms with Crippen molar-refractivity contribution in [1.82, 2.24) is 10.6 Å². The quantitative estimate of drug-likeness (QED) is 0.612. The van der Waals surface area contributed by atoms with E-state index in [0.717, 1.165) is 0 Å². The van der Waals surface area contributed by atoms with Crippen molar-refractivity contribution in [3.05, 3.63) is 0 Å². The van der Waals surface area contributed by atoms with E-state index in [1.54, 1.807) is 27.7 Å². The van der Waals surface area contributed by atoms with Crippen LogP contribution in [-0.4, -0.2) is 35.5 Å². The maximum Gasteiger partial charge on any atom is 0.322 e.